The third kappa shape index (κ3) is 2.01. The highest BCUT2D eigenvalue weighted by Crippen LogP contribution is 2.43. The maximum atomic E-state index is 4.43. The standard InChI is InChI=1S/C13H23N3/c1-5-6-14-13-7-11(9(13)2)12-8-16(4)15-10(12)3/h8-9,11,13-14H,5-7H2,1-4H3. The van der Waals surface area contributed by atoms with Gasteiger partial charge in [-0.3, -0.25) is 4.68 Å². The van der Waals surface area contributed by atoms with Crippen LogP contribution in [0.1, 0.15) is 43.9 Å². The van der Waals surface area contributed by atoms with Crippen LogP contribution >= 0.6 is 0 Å². The van der Waals surface area contributed by atoms with Crippen LogP contribution < -0.4 is 5.32 Å². The molecule has 1 saturated carbocycles. The third-order valence-electron chi connectivity index (χ3n) is 3.88. The summed E-state index contributed by atoms with van der Waals surface area (Å²) < 4.78 is 1.93. The average Bonchev–Trinajstić information content (AvgIpc) is 2.56. The summed E-state index contributed by atoms with van der Waals surface area (Å²) in [5.74, 6) is 1.46. The van der Waals surface area contributed by atoms with Gasteiger partial charge >= 0.3 is 0 Å². The highest BCUT2D eigenvalue weighted by molar-refractivity contribution is 5.25. The Labute approximate surface area is 98.2 Å². The monoisotopic (exact) mass is 221 g/mol. The second-order valence-corrected chi connectivity index (χ2v) is 5.11. The van der Waals surface area contributed by atoms with Gasteiger partial charge in [0.05, 0.1) is 5.69 Å². The fraction of sp³-hybridized carbons (Fsp3) is 0.769. The zero-order chi connectivity index (χ0) is 11.7. The van der Waals surface area contributed by atoms with Gasteiger partial charge in [0.25, 0.3) is 0 Å². The quantitative estimate of drug-likeness (QED) is 0.845. The van der Waals surface area contributed by atoms with Gasteiger partial charge in [-0.15, -0.1) is 0 Å². The molecule has 3 unspecified atom stereocenters. The molecule has 3 nitrogen and oxygen atoms in total. The number of hydrogen-bond acceptors (Lipinski definition) is 2. The summed E-state index contributed by atoms with van der Waals surface area (Å²) in [6.07, 6.45) is 4.68. The molecule has 1 aliphatic carbocycles. The molecule has 0 aromatic carbocycles. The normalized spacial score (nSPS) is 29.1. The number of hydrogen-bond donors (Lipinski definition) is 1. The molecule has 0 radical (unpaired) electrons. The van der Waals surface area contributed by atoms with Gasteiger partial charge in [-0.25, -0.2) is 0 Å². The van der Waals surface area contributed by atoms with Crippen molar-refractivity contribution in [2.75, 3.05) is 6.54 Å². The van der Waals surface area contributed by atoms with Gasteiger partial charge in [0.1, 0.15) is 0 Å². The zero-order valence-electron chi connectivity index (χ0n) is 10.8. The molecule has 0 saturated heterocycles. The van der Waals surface area contributed by atoms with Gasteiger partial charge in [0, 0.05) is 19.3 Å². The minimum Gasteiger partial charge on any atom is -0.314 e. The van der Waals surface area contributed by atoms with Crippen LogP contribution in [-0.4, -0.2) is 22.4 Å². The fourth-order valence-electron chi connectivity index (χ4n) is 2.78. The first-order valence-corrected chi connectivity index (χ1v) is 6.37. The number of nitrogens with one attached hydrogen (secondary N) is 1. The Hall–Kier alpha value is -0.830. The van der Waals surface area contributed by atoms with Crippen LogP contribution in [0.4, 0.5) is 0 Å². The van der Waals surface area contributed by atoms with Crippen LogP contribution in [0, 0.1) is 12.8 Å². The molecule has 0 spiro atoms. The van der Waals surface area contributed by atoms with E-state index in [4.69, 9.17) is 0 Å². The Morgan fingerprint density at radius 1 is 1.56 bits per heavy atom. The van der Waals surface area contributed by atoms with Crippen molar-refractivity contribution in [2.45, 2.75) is 45.6 Å². The fourth-order valence-corrected chi connectivity index (χ4v) is 2.78. The summed E-state index contributed by atoms with van der Waals surface area (Å²) in [5.41, 5.74) is 2.65. The highest BCUT2D eigenvalue weighted by Gasteiger charge is 2.39. The molecule has 3 atom stereocenters. The first-order valence-electron chi connectivity index (χ1n) is 6.37. The number of aromatic nitrogens is 2. The van der Waals surface area contributed by atoms with E-state index in [1.807, 2.05) is 11.7 Å². The SMILES string of the molecule is CCCNC1CC(c2cn(C)nc2C)C1C. The second kappa shape index (κ2) is 4.58. The van der Waals surface area contributed by atoms with E-state index < -0.39 is 0 Å². The lowest BCUT2D eigenvalue weighted by atomic mass is 9.67. The lowest BCUT2D eigenvalue weighted by Gasteiger charge is -2.43. The topological polar surface area (TPSA) is 29.9 Å². The predicted molar refractivity (Wildman–Crippen MR) is 66.5 cm³/mol. The minimum atomic E-state index is 0.711. The maximum Gasteiger partial charge on any atom is 0.0628 e. The van der Waals surface area contributed by atoms with Gasteiger partial charge in [0.2, 0.25) is 0 Å². The van der Waals surface area contributed by atoms with Crippen LogP contribution in [0.5, 0.6) is 0 Å². The summed E-state index contributed by atoms with van der Waals surface area (Å²) in [5, 5.41) is 8.05. The summed E-state index contributed by atoms with van der Waals surface area (Å²) in [4.78, 5) is 0. The van der Waals surface area contributed by atoms with E-state index in [2.05, 4.69) is 37.4 Å². The Morgan fingerprint density at radius 2 is 2.31 bits per heavy atom. The predicted octanol–water partition coefficient (Wildman–Crippen LogP) is 2.22. The van der Waals surface area contributed by atoms with Crippen LogP contribution in [0.15, 0.2) is 6.20 Å². The van der Waals surface area contributed by atoms with Crippen molar-refractivity contribution in [1.82, 2.24) is 15.1 Å². The number of nitrogens with zero attached hydrogens (tertiary/aromatic N) is 2. The smallest absolute Gasteiger partial charge is 0.0628 e. The average molecular weight is 221 g/mol. The largest absolute Gasteiger partial charge is 0.314 e. The maximum absolute atomic E-state index is 4.43. The molecular weight excluding hydrogens is 198 g/mol. The molecule has 16 heavy (non-hydrogen) atoms. The van der Waals surface area contributed by atoms with E-state index in [1.165, 1.54) is 24.1 Å². The van der Waals surface area contributed by atoms with Crippen molar-refractivity contribution in [3.8, 4) is 0 Å². The van der Waals surface area contributed by atoms with Crippen molar-refractivity contribution in [3.63, 3.8) is 0 Å². The number of aryl methyl sites for hydroxylation is 2. The van der Waals surface area contributed by atoms with E-state index >= 15 is 0 Å². The van der Waals surface area contributed by atoms with Crippen LogP contribution in [0.2, 0.25) is 0 Å². The molecule has 0 amide bonds. The molecule has 3 heteroatoms. The molecule has 1 aromatic rings. The Morgan fingerprint density at radius 3 is 2.81 bits per heavy atom. The Balaban J connectivity index is 1.97. The van der Waals surface area contributed by atoms with Gasteiger partial charge in [-0.2, -0.15) is 5.10 Å². The van der Waals surface area contributed by atoms with E-state index in [0.717, 1.165) is 12.5 Å². The lowest BCUT2D eigenvalue weighted by molar-refractivity contribution is 0.184. The molecule has 90 valence electrons. The van der Waals surface area contributed by atoms with Crippen molar-refractivity contribution in [2.24, 2.45) is 13.0 Å². The second-order valence-electron chi connectivity index (χ2n) is 5.11. The zero-order valence-corrected chi connectivity index (χ0v) is 10.8. The first-order chi connectivity index (χ1) is 7.63. The van der Waals surface area contributed by atoms with Gasteiger partial charge < -0.3 is 5.32 Å². The molecule has 0 bridgehead atoms. The highest BCUT2D eigenvalue weighted by atomic mass is 15.2. The Bertz CT molecular complexity index is 356. The third-order valence-corrected chi connectivity index (χ3v) is 3.88. The summed E-state index contributed by atoms with van der Waals surface area (Å²) in [6, 6.07) is 0.713. The van der Waals surface area contributed by atoms with Gasteiger partial charge in [-0.05, 0) is 43.7 Å². The summed E-state index contributed by atoms with van der Waals surface area (Å²) in [7, 11) is 2.01. The van der Waals surface area contributed by atoms with Gasteiger partial charge in [-0.1, -0.05) is 13.8 Å². The van der Waals surface area contributed by atoms with Crippen molar-refractivity contribution >= 4 is 0 Å². The van der Waals surface area contributed by atoms with Crippen LogP contribution in [0.3, 0.4) is 0 Å². The van der Waals surface area contributed by atoms with Gasteiger partial charge in [0.15, 0.2) is 0 Å². The van der Waals surface area contributed by atoms with E-state index in [0.29, 0.717) is 12.0 Å². The molecule has 1 heterocycles. The molecular formula is C13H23N3. The van der Waals surface area contributed by atoms with Crippen molar-refractivity contribution in [3.05, 3.63) is 17.5 Å². The number of rotatable bonds is 4. The van der Waals surface area contributed by atoms with E-state index in [9.17, 15) is 0 Å². The summed E-state index contributed by atoms with van der Waals surface area (Å²) in [6.45, 7) is 7.84. The minimum absolute atomic E-state index is 0.711. The first kappa shape index (κ1) is 11.6. The molecule has 1 aromatic heterocycles. The molecule has 1 aliphatic rings. The van der Waals surface area contributed by atoms with Crippen molar-refractivity contribution < 1.29 is 0 Å². The molecule has 2 rings (SSSR count). The molecule has 1 fully saturated rings. The van der Waals surface area contributed by atoms with Crippen molar-refractivity contribution in [1.29, 1.82) is 0 Å². The molecule has 0 aliphatic heterocycles. The molecule has 1 N–H and O–H groups in total. The van der Waals surface area contributed by atoms with Crippen LogP contribution in [-0.2, 0) is 7.05 Å². The lowest BCUT2D eigenvalue weighted by Crippen LogP contribution is -2.48. The Kier molecular flexibility index (Phi) is 3.33. The van der Waals surface area contributed by atoms with Crippen LogP contribution in [0.25, 0.3) is 0 Å². The summed E-state index contributed by atoms with van der Waals surface area (Å²) >= 11 is 0. The van der Waals surface area contributed by atoms with E-state index in [1.54, 1.807) is 0 Å². The van der Waals surface area contributed by atoms with E-state index in [-0.39, 0.29) is 0 Å².